The van der Waals surface area contributed by atoms with Crippen molar-refractivity contribution in [2.75, 3.05) is 5.73 Å². The molecule has 0 fully saturated rings. The summed E-state index contributed by atoms with van der Waals surface area (Å²) in [6.07, 6.45) is 0. The second-order valence-corrected chi connectivity index (χ2v) is 5.18. The maximum Gasteiger partial charge on any atom is 0.220 e. The average Bonchev–Trinajstić information content (AvgIpc) is 2.92. The van der Waals surface area contributed by atoms with E-state index in [0.29, 0.717) is 21.0 Å². The van der Waals surface area contributed by atoms with Gasteiger partial charge >= 0.3 is 0 Å². The molecule has 0 spiro atoms. The standard InChI is InChI=1S/C12H9ClN6S/c13-10-7-6-9(14)11(15-10)20-12-16-17-18-19(12)8-4-2-1-3-5-8/h1-7H,14H2. The van der Waals surface area contributed by atoms with Gasteiger partial charge in [0.1, 0.15) is 10.2 Å². The number of aromatic nitrogens is 5. The molecule has 0 atom stereocenters. The van der Waals surface area contributed by atoms with Gasteiger partial charge in [0.15, 0.2) is 0 Å². The highest BCUT2D eigenvalue weighted by molar-refractivity contribution is 7.99. The molecule has 2 aromatic heterocycles. The van der Waals surface area contributed by atoms with Gasteiger partial charge in [-0.15, -0.1) is 5.10 Å². The van der Waals surface area contributed by atoms with Gasteiger partial charge in [-0.2, -0.15) is 4.68 Å². The third-order valence-electron chi connectivity index (χ3n) is 2.49. The van der Waals surface area contributed by atoms with Gasteiger partial charge in [-0.05, 0) is 46.5 Å². The van der Waals surface area contributed by atoms with Crippen LogP contribution in [0, 0.1) is 0 Å². The summed E-state index contributed by atoms with van der Waals surface area (Å²) in [7, 11) is 0. The number of halogens is 1. The molecule has 0 saturated heterocycles. The lowest BCUT2D eigenvalue weighted by Crippen LogP contribution is -1.99. The number of hydrogen-bond donors (Lipinski definition) is 1. The van der Waals surface area contributed by atoms with Crippen molar-refractivity contribution in [1.82, 2.24) is 25.2 Å². The number of anilines is 1. The Morgan fingerprint density at radius 1 is 1.10 bits per heavy atom. The van der Waals surface area contributed by atoms with Gasteiger partial charge < -0.3 is 5.73 Å². The molecule has 2 N–H and O–H groups in total. The highest BCUT2D eigenvalue weighted by Gasteiger charge is 2.13. The minimum Gasteiger partial charge on any atom is -0.397 e. The summed E-state index contributed by atoms with van der Waals surface area (Å²) in [5.74, 6) is 0. The van der Waals surface area contributed by atoms with Gasteiger partial charge in [-0.3, -0.25) is 0 Å². The van der Waals surface area contributed by atoms with Crippen LogP contribution in [0.15, 0.2) is 52.6 Å². The fourth-order valence-electron chi connectivity index (χ4n) is 1.57. The van der Waals surface area contributed by atoms with Crippen molar-refractivity contribution in [3.63, 3.8) is 0 Å². The molecule has 100 valence electrons. The predicted molar refractivity (Wildman–Crippen MR) is 76.9 cm³/mol. The van der Waals surface area contributed by atoms with Crippen molar-refractivity contribution in [1.29, 1.82) is 0 Å². The Morgan fingerprint density at radius 2 is 1.90 bits per heavy atom. The van der Waals surface area contributed by atoms with Gasteiger partial charge in [-0.25, -0.2) is 4.98 Å². The number of pyridine rings is 1. The Labute approximate surface area is 124 Å². The third kappa shape index (κ3) is 2.59. The first kappa shape index (κ1) is 12.9. The Balaban J connectivity index is 1.97. The number of nitrogens with two attached hydrogens (primary N) is 1. The van der Waals surface area contributed by atoms with Crippen molar-refractivity contribution in [3.05, 3.63) is 47.6 Å². The van der Waals surface area contributed by atoms with E-state index in [1.165, 1.54) is 11.8 Å². The Bertz CT molecular complexity index is 730. The van der Waals surface area contributed by atoms with E-state index in [-0.39, 0.29) is 0 Å². The molecule has 20 heavy (non-hydrogen) atoms. The summed E-state index contributed by atoms with van der Waals surface area (Å²) < 4.78 is 1.62. The Morgan fingerprint density at radius 3 is 2.70 bits per heavy atom. The lowest BCUT2D eigenvalue weighted by Gasteiger charge is -2.05. The number of nitrogens with zero attached hydrogens (tertiary/aromatic N) is 5. The smallest absolute Gasteiger partial charge is 0.220 e. The van der Waals surface area contributed by atoms with Crippen LogP contribution in [0.2, 0.25) is 5.15 Å². The van der Waals surface area contributed by atoms with E-state index in [1.54, 1.807) is 16.8 Å². The van der Waals surface area contributed by atoms with Gasteiger partial charge in [0.2, 0.25) is 5.16 Å². The zero-order chi connectivity index (χ0) is 13.9. The highest BCUT2D eigenvalue weighted by atomic mass is 35.5. The number of rotatable bonds is 3. The molecule has 0 aliphatic heterocycles. The van der Waals surface area contributed by atoms with Gasteiger partial charge in [0, 0.05) is 0 Å². The van der Waals surface area contributed by atoms with Crippen molar-refractivity contribution in [3.8, 4) is 5.69 Å². The molecule has 1 aromatic carbocycles. The van der Waals surface area contributed by atoms with Crippen molar-refractivity contribution >= 4 is 29.1 Å². The Hall–Kier alpha value is -2.12. The second-order valence-electron chi connectivity index (χ2n) is 3.84. The van der Waals surface area contributed by atoms with E-state index in [2.05, 4.69) is 20.5 Å². The van der Waals surface area contributed by atoms with E-state index in [1.807, 2.05) is 30.3 Å². The number of nitrogen functional groups attached to an aromatic ring is 1. The molecule has 2 heterocycles. The molecule has 0 aliphatic rings. The zero-order valence-electron chi connectivity index (χ0n) is 10.1. The Kier molecular flexibility index (Phi) is 3.53. The van der Waals surface area contributed by atoms with E-state index in [4.69, 9.17) is 17.3 Å². The first-order valence-electron chi connectivity index (χ1n) is 5.68. The topological polar surface area (TPSA) is 82.5 Å². The van der Waals surface area contributed by atoms with E-state index in [0.717, 1.165) is 5.69 Å². The molecule has 3 aromatic rings. The van der Waals surface area contributed by atoms with Crippen LogP contribution in [0.3, 0.4) is 0 Å². The number of tetrazole rings is 1. The maximum atomic E-state index is 5.88. The number of para-hydroxylation sites is 1. The van der Waals surface area contributed by atoms with E-state index < -0.39 is 0 Å². The molecular formula is C12H9ClN6S. The second kappa shape index (κ2) is 5.48. The van der Waals surface area contributed by atoms with Crippen LogP contribution >= 0.6 is 23.4 Å². The molecule has 0 amide bonds. The SMILES string of the molecule is Nc1ccc(Cl)nc1Sc1nnnn1-c1ccccc1. The maximum absolute atomic E-state index is 5.88. The summed E-state index contributed by atoms with van der Waals surface area (Å²) >= 11 is 7.14. The molecular weight excluding hydrogens is 296 g/mol. The number of hydrogen-bond acceptors (Lipinski definition) is 6. The first-order chi connectivity index (χ1) is 9.74. The summed E-state index contributed by atoms with van der Waals surface area (Å²) in [6.45, 7) is 0. The zero-order valence-corrected chi connectivity index (χ0v) is 11.7. The molecule has 0 aliphatic carbocycles. The lowest BCUT2D eigenvalue weighted by molar-refractivity contribution is 0.756. The summed E-state index contributed by atoms with van der Waals surface area (Å²) in [5, 5.41) is 13.2. The van der Waals surface area contributed by atoms with Gasteiger partial charge in [-0.1, -0.05) is 29.8 Å². The van der Waals surface area contributed by atoms with Crippen LogP contribution in [-0.2, 0) is 0 Å². The van der Waals surface area contributed by atoms with Crippen LogP contribution < -0.4 is 5.73 Å². The minimum atomic E-state index is 0.375. The normalized spacial score (nSPS) is 10.7. The summed E-state index contributed by atoms with van der Waals surface area (Å²) in [6, 6.07) is 12.9. The van der Waals surface area contributed by atoms with E-state index >= 15 is 0 Å². The van der Waals surface area contributed by atoms with Crippen molar-refractivity contribution < 1.29 is 0 Å². The lowest BCUT2D eigenvalue weighted by atomic mass is 10.3. The largest absolute Gasteiger partial charge is 0.397 e. The summed E-state index contributed by atoms with van der Waals surface area (Å²) in [5.41, 5.74) is 7.27. The molecule has 0 saturated carbocycles. The highest BCUT2D eigenvalue weighted by Crippen LogP contribution is 2.30. The van der Waals surface area contributed by atoms with Crippen LogP contribution in [0.1, 0.15) is 0 Å². The molecule has 8 heteroatoms. The molecule has 3 rings (SSSR count). The summed E-state index contributed by atoms with van der Waals surface area (Å²) in [4.78, 5) is 4.18. The minimum absolute atomic E-state index is 0.375. The average molecular weight is 305 g/mol. The van der Waals surface area contributed by atoms with Crippen molar-refractivity contribution in [2.24, 2.45) is 0 Å². The monoisotopic (exact) mass is 304 g/mol. The van der Waals surface area contributed by atoms with Crippen LogP contribution in [-0.4, -0.2) is 25.2 Å². The van der Waals surface area contributed by atoms with E-state index in [9.17, 15) is 0 Å². The quantitative estimate of drug-likeness (QED) is 0.748. The van der Waals surface area contributed by atoms with Crippen LogP contribution in [0.25, 0.3) is 5.69 Å². The molecule has 6 nitrogen and oxygen atoms in total. The first-order valence-corrected chi connectivity index (χ1v) is 6.87. The van der Waals surface area contributed by atoms with Gasteiger partial charge in [0.05, 0.1) is 11.4 Å². The third-order valence-corrected chi connectivity index (χ3v) is 3.65. The van der Waals surface area contributed by atoms with Gasteiger partial charge in [0.25, 0.3) is 0 Å². The number of benzene rings is 1. The van der Waals surface area contributed by atoms with Crippen molar-refractivity contribution in [2.45, 2.75) is 10.2 Å². The fraction of sp³-hybridized carbons (Fsp3) is 0. The fourth-order valence-corrected chi connectivity index (χ4v) is 2.58. The van der Waals surface area contributed by atoms with Crippen LogP contribution in [0.4, 0.5) is 5.69 Å². The molecule has 0 bridgehead atoms. The molecule has 0 radical (unpaired) electrons. The predicted octanol–water partition coefficient (Wildman–Crippen LogP) is 2.44. The van der Waals surface area contributed by atoms with Crippen LogP contribution in [0.5, 0.6) is 0 Å². The molecule has 0 unspecified atom stereocenters.